The summed E-state index contributed by atoms with van der Waals surface area (Å²) in [5.74, 6) is 0.788. The van der Waals surface area contributed by atoms with Crippen molar-refractivity contribution in [3.05, 3.63) is 53.3 Å². The summed E-state index contributed by atoms with van der Waals surface area (Å²) < 4.78 is 11.1. The van der Waals surface area contributed by atoms with Crippen LogP contribution in [0.1, 0.15) is 37.0 Å². The molecule has 1 amide bonds. The number of benzene rings is 1. The Morgan fingerprint density at radius 1 is 1.18 bits per heavy atom. The molecular weight excluding hydrogens is 447 g/mol. The first kappa shape index (κ1) is 24.6. The highest BCUT2D eigenvalue weighted by atomic mass is 35.5. The minimum atomic E-state index is -0.274. The first-order valence-electron chi connectivity index (χ1n) is 10.7. The van der Waals surface area contributed by atoms with Gasteiger partial charge in [-0.15, -0.1) is 0 Å². The van der Waals surface area contributed by atoms with Crippen molar-refractivity contribution in [3.63, 3.8) is 0 Å². The second kappa shape index (κ2) is 11.2. The maximum absolute atomic E-state index is 12.8. The molecular formula is C23H28ClFN6O2. The summed E-state index contributed by atoms with van der Waals surface area (Å²) in [4.78, 5) is 29.3. The molecule has 3 aliphatic heterocycles. The lowest BCUT2D eigenvalue weighted by molar-refractivity contribution is -0.115. The number of carbonyl (C=O) groups is 2. The number of ketones is 1. The Balaban J connectivity index is 0.000000464. The second-order valence-electron chi connectivity index (χ2n) is 7.94. The highest BCUT2D eigenvalue weighted by molar-refractivity contribution is 6.34. The first-order valence-corrected chi connectivity index (χ1v) is 11.1. The molecule has 2 atom stereocenters. The largest absolute Gasteiger partial charge is 0.351 e. The Bertz CT molecular complexity index is 1110. The van der Waals surface area contributed by atoms with Gasteiger partial charge in [-0.2, -0.15) is 5.10 Å². The number of amides is 1. The SMILES string of the molecule is CC(C)=O.CF.O=C(Nc1ccccc1Cl)c1cnn2ccc(N3CC4CCC3CN4)nc12. The summed E-state index contributed by atoms with van der Waals surface area (Å²) >= 11 is 6.15. The van der Waals surface area contributed by atoms with Crippen LogP contribution in [0.3, 0.4) is 0 Å². The molecule has 3 fully saturated rings. The summed E-state index contributed by atoms with van der Waals surface area (Å²) in [6.45, 7) is 4.99. The zero-order chi connectivity index (χ0) is 24.0. The lowest BCUT2D eigenvalue weighted by Gasteiger charge is -2.46. The van der Waals surface area contributed by atoms with Crippen LogP contribution in [0, 0.1) is 0 Å². The standard InChI is InChI=1S/C19H19ClN6O.C3H6O.CH3F/c20-15-3-1-2-4-16(15)23-19(27)14-10-22-26-8-7-17(24-18(14)26)25-11-12-5-6-13(25)9-21-12;1-3(2)4;1-2/h1-4,7-8,10,12-13,21H,5-6,9,11H2,(H,23,27);1-2H3;1H3. The number of aromatic nitrogens is 3. The van der Waals surface area contributed by atoms with Gasteiger partial charge in [0.1, 0.15) is 17.2 Å². The Morgan fingerprint density at radius 2 is 1.91 bits per heavy atom. The van der Waals surface area contributed by atoms with Crippen LogP contribution in [0.2, 0.25) is 5.02 Å². The number of Topliss-reactive ketones (excluding diaryl/α,β-unsaturated/α-hetero) is 1. The Morgan fingerprint density at radius 3 is 2.52 bits per heavy atom. The fraction of sp³-hybridized carbons (Fsp3) is 0.391. The van der Waals surface area contributed by atoms with Crippen molar-refractivity contribution in [2.75, 3.05) is 30.5 Å². The zero-order valence-corrected chi connectivity index (χ0v) is 19.6. The molecule has 2 N–H and O–H groups in total. The van der Waals surface area contributed by atoms with Crippen molar-refractivity contribution in [3.8, 4) is 0 Å². The number of para-hydroxylation sites is 1. The lowest BCUT2D eigenvalue weighted by atomic mass is 9.93. The molecule has 1 aromatic carbocycles. The molecule has 2 bridgehead atoms. The van der Waals surface area contributed by atoms with Crippen LogP contribution in [-0.4, -0.2) is 58.6 Å². The number of nitrogens with one attached hydrogen (secondary N) is 2. The van der Waals surface area contributed by atoms with Crippen molar-refractivity contribution in [2.24, 2.45) is 0 Å². The lowest BCUT2D eigenvalue weighted by Crippen LogP contribution is -2.61. The van der Waals surface area contributed by atoms with Crippen molar-refractivity contribution in [1.82, 2.24) is 19.9 Å². The van der Waals surface area contributed by atoms with Gasteiger partial charge in [0, 0.05) is 31.4 Å². The number of hydrogen-bond donors (Lipinski definition) is 2. The third-order valence-corrected chi connectivity index (χ3v) is 5.69. The van der Waals surface area contributed by atoms with Crippen LogP contribution in [-0.2, 0) is 4.79 Å². The number of halogens is 2. The topological polar surface area (TPSA) is 91.6 Å². The highest BCUT2D eigenvalue weighted by Gasteiger charge is 2.34. The summed E-state index contributed by atoms with van der Waals surface area (Å²) in [6.07, 6.45) is 5.78. The normalized spacial score (nSPS) is 18.6. The zero-order valence-electron chi connectivity index (χ0n) is 18.9. The minimum absolute atomic E-state index is 0.167. The molecule has 2 aromatic heterocycles. The van der Waals surface area contributed by atoms with E-state index >= 15 is 0 Å². The molecule has 0 spiro atoms. The van der Waals surface area contributed by atoms with Crippen LogP contribution < -0.4 is 15.5 Å². The smallest absolute Gasteiger partial charge is 0.261 e. The molecule has 8 nitrogen and oxygen atoms in total. The molecule has 3 aromatic rings. The number of piperazine rings is 1. The number of hydrogen-bond acceptors (Lipinski definition) is 6. The average Bonchev–Trinajstić information content (AvgIpc) is 3.26. The van der Waals surface area contributed by atoms with E-state index in [0.717, 1.165) is 18.9 Å². The summed E-state index contributed by atoms with van der Waals surface area (Å²) in [5.41, 5.74) is 1.54. The van der Waals surface area contributed by atoms with E-state index in [4.69, 9.17) is 16.6 Å². The third kappa shape index (κ3) is 5.85. The van der Waals surface area contributed by atoms with Gasteiger partial charge in [-0.25, -0.2) is 9.50 Å². The van der Waals surface area contributed by atoms with Gasteiger partial charge in [0.2, 0.25) is 0 Å². The maximum Gasteiger partial charge on any atom is 0.261 e. The summed E-state index contributed by atoms with van der Waals surface area (Å²) in [5, 5.41) is 11.2. The predicted molar refractivity (Wildman–Crippen MR) is 128 cm³/mol. The van der Waals surface area contributed by atoms with Crippen molar-refractivity contribution in [1.29, 1.82) is 0 Å². The van der Waals surface area contributed by atoms with E-state index in [-0.39, 0.29) is 11.7 Å². The monoisotopic (exact) mass is 474 g/mol. The van der Waals surface area contributed by atoms with Gasteiger partial charge in [-0.3, -0.25) is 9.18 Å². The van der Waals surface area contributed by atoms with Crippen LogP contribution in [0.25, 0.3) is 5.65 Å². The summed E-state index contributed by atoms with van der Waals surface area (Å²) in [7, 11) is 0.500. The number of fused-ring (bicyclic) bond motifs is 4. The van der Waals surface area contributed by atoms with Gasteiger partial charge in [-0.05, 0) is 44.9 Å². The Labute approximate surface area is 197 Å². The van der Waals surface area contributed by atoms with E-state index in [2.05, 4.69) is 20.6 Å². The fourth-order valence-corrected chi connectivity index (χ4v) is 4.10. The number of nitrogens with zero attached hydrogens (tertiary/aromatic N) is 4. The summed E-state index contributed by atoms with van der Waals surface area (Å²) in [6, 6.07) is 10.1. The quantitative estimate of drug-likeness (QED) is 0.600. The maximum atomic E-state index is 12.8. The molecule has 6 rings (SSSR count). The van der Waals surface area contributed by atoms with Gasteiger partial charge in [0.25, 0.3) is 5.91 Å². The van der Waals surface area contributed by atoms with E-state index in [9.17, 15) is 14.0 Å². The van der Waals surface area contributed by atoms with Crippen LogP contribution in [0.4, 0.5) is 15.9 Å². The second-order valence-corrected chi connectivity index (χ2v) is 8.35. The molecule has 3 saturated heterocycles. The molecule has 176 valence electrons. The van der Waals surface area contributed by atoms with E-state index < -0.39 is 0 Å². The molecule has 0 radical (unpaired) electrons. The number of alkyl halides is 1. The van der Waals surface area contributed by atoms with E-state index in [0.29, 0.717) is 41.2 Å². The van der Waals surface area contributed by atoms with Gasteiger partial charge in [0.15, 0.2) is 5.65 Å². The average molecular weight is 475 g/mol. The number of carbonyl (C=O) groups excluding carboxylic acids is 2. The number of anilines is 2. The van der Waals surface area contributed by atoms with Crippen LogP contribution >= 0.6 is 11.6 Å². The van der Waals surface area contributed by atoms with E-state index in [1.54, 1.807) is 22.8 Å². The van der Waals surface area contributed by atoms with Gasteiger partial charge in [0.05, 0.1) is 24.1 Å². The minimum Gasteiger partial charge on any atom is -0.351 e. The molecule has 5 heterocycles. The van der Waals surface area contributed by atoms with E-state index in [1.807, 2.05) is 24.4 Å². The molecule has 10 heteroatoms. The van der Waals surface area contributed by atoms with Crippen molar-refractivity contribution in [2.45, 2.75) is 38.8 Å². The first-order chi connectivity index (χ1) is 15.9. The van der Waals surface area contributed by atoms with Gasteiger partial charge in [-0.1, -0.05) is 23.7 Å². The Hall–Kier alpha value is -3.04. The molecule has 0 aliphatic carbocycles. The van der Waals surface area contributed by atoms with Crippen molar-refractivity contribution >= 4 is 40.4 Å². The van der Waals surface area contributed by atoms with Gasteiger partial charge >= 0.3 is 0 Å². The van der Waals surface area contributed by atoms with Crippen LogP contribution in [0.15, 0.2) is 42.7 Å². The molecule has 2 unspecified atom stereocenters. The highest BCUT2D eigenvalue weighted by Crippen LogP contribution is 2.28. The fourth-order valence-electron chi connectivity index (χ4n) is 3.92. The molecule has 33 heavy (non-hydrogen) atoms. The van der Waals surface area contributed by atoms with Crippen molar-refractivity contribution < 1.29 is 14.0 Å². The van der Waals surface area contributed by atoms with E-state index in [1.165, 1.54) is 26.7 Å². The van der Waals surface area contributed by atoms with Gasteiger partial charge < -0.3 is 20.3 Å². The molecule has 3 aliphatic rings. The van der Waals surface area contributed by atoms with Crippen LogP contribution in [0.5, 0.6) is 0 Å². The number of rotatable bonds is 3. The molecule has 0 saturated carbocycles. The predicted octanol–water partition coefficient (Wildman–Crippen LogP) is 3.76. The number of piperidine rings is 2. The Kier molecular flexibility index (Phi) is 8.35. The third-order valence-electron chi connectivity index (χ3n) is 5.36.